The largest absolute Gasteiger partial charge is 0.348 e. The predicted octanol–water partition coefficient (Wildman–Crippen LogP) is 1.60. The van der Waals surface area contributed by atoms with E-state index in [1.165, 1.54) is 0 Å². The van der Waals surface area contributed by atoms with Crippen LogP contribution in [0.5, 0.6) is 0 Å². The first kappa shape index (κ1) is 6.75. The highest BCUT2D eigenvalue weighted by Crippen LogP contribution is 2.11. The van der Waals surface area contributed by atoms with E-state index in [1.54, 1.807) is 0 Å². The van der Waals surface area contributed by atoms with Crippen LogP contribution in [0.15, 0.2) is 4.99 Å². The van der Waals surface area contributed by atoms with E-state index in [2.05, 4.69) is 11.9 Å². The van der Waals surface area contributed by atoms with E-state index in [-0.39, 0.29) is 12.3 Å². The van der Waals surface area contributed by atoms with Crippen LogP contribution in [0.1, 0.15) is 26.7 Å². The topological polar surface area (TPSA) is 21.6 Å². The van der Waals surface area contributed by atoms with Gasteiger partial charge in [0.05, 0.1) is 6.10 Å². The van der Waals surface area contributed by atoms with E-state index in [9.17, 15) is 0 Å². The Kier molecular flexibility index (Phi) is 2.22. The first-order chi connectivity index (χ1) is 4.33. The molecule has 0 saturated heterocycles. The van der Waals surface area contributed by atoms with Crippen LogP contribution in [-0.2, 0) is 4.74 Å². The Morgan fingerprint density at radius 2 is 2.44 bits per heavy atom. The maximum atomic E-state index is 5.38. The van der Waals surface area contributed by atoms with Gasteiger partial charge in [0.15, 0.2) is 0 Å². The minimum Gasteiger partial charge on any atom is -0.348 e. The second-order valence-electron chi connectivity index (χ2n) is 2.38. The zero-order valence-corrected chi connectivity index (χ0v) is 6.00. The fourth-order valence-electron chi connectivity index (χ4n) is 0.925. The third kappa shape index (κ3) is 1.79. The summed E-state index contributed by atoms with van der Waals surface area (Å²) in [7, 11) is 0. The average molecular weight is 127 g/mol. The Balaban J connectivity index is 2.24. The van der Waals surface area contributed by atoms with Crippen molar-refractivity contribution in [3.05, 3.63) is 0 Å². The molecule has 0 N–H and O–H groups in total. The standard InChI is InChI=1S/C7H13NO/c1-3-4-7-8-5-6(2)9-7/h5-7H,3-4H2,1-2H3. The zero-order chi connectivity index (χ0) is 6.69. The molecule has 1 rings (SSSR count). The SMILES string of the molecule is CCCC1N=CC(C)O1. The summed E-state index contributed by atoms with van der Waals surface area (Å²) in [6.07, 6.45) is 4.47. The lowest BCUT2D eigenvalue weighted by Gasteiger charge is -2.06. The van der Waals surface area contributed by atoms with Gasteiger partial charge in [-0.3, -0.25) is 4.99 Å². The first-order valence-corrected chi connectivity index (χ1v) is 3.51. The molecule has 1 aliphatic heterocycles. The maximum Gasteiger partial charge on any atom is 0.148 e. The van der Waals surface area contributed by atoms with Crippen LogP contribution in [-0.4, -0.2) is 18.5 Å². The van der Waals surface area contributed by atoms with Crippen molar-refractivity contribution in [2.75, 3.05) is 0 Å². The zero-order valence-electron chi connectivity index (χ0n) is 6.00. The molecule has 2 unspecified atom stereocenters. The monoisotopic (exact) mass is 127 g/mol. The molecule has 0 aliphatic carbocycles. The van der Waals surface area contributed by atoms with E-state index in [1.807, 2.05) is 13.1 Å². The molecule has 2 heteroatoms. The molecular formula is C7H13NO. The molecular weight excluding hydrogens is 114 g/mol. The van der Waals surface area contributed by atoms with Crippen LogP contribution in [0.4, 0.5) is 0 Å². The Bertz CT molecular complexity index is 111. The van der Waals surface area contributed by atoms with E-state index >= 15 is 0 Å². The predicted molar refractivity (Wildman–Crippen MR) is 37.7 cm³/mol. The molecule has 2 nitrogen and oxygen atoms in total. The minimum absolute atomic E-state index is 0.157. The van der Waals surface area contributed by atoms with E-state index < -0.39 is 0 Å². The molecule has 0 aromatic carbocycles. The van der Waals surface area contributed by atoms with Gasteiger partial charge in [0.2, 0.25) is 0 Å². The van der Waals surface area contributed by atoms with Crippen molar-refractivity contribution < 1.29 is 4.74 Å². The second kappa shape index (κ2) is 2.97. The fourth-order valence-corrected chi connectivity index (χ4v) is 0.925. The number of rotatable bonds is 2. The lowest BCUT2D eigenvalue weighted by atomic mass is 10.3. The number of hydrogen-bond acceptors (Lipinski definition) is 2. The smallest absolute Gasteiger partial charge is 0.148 e. The van der Waals surface area contributed by atoms with Crippen molar-refractivity contribution in [3.63, 3.8) is 0 Å². The average Bonchev–Trinajstić information content (AvgIpc) is 2.17. The molecule has 0 aromatic rings. The van der Waals surface area contributed by atoms with Crippen LogP contribution in [0, 0.1) is 0 Å². The molecule has 0 spiro atoms. The van der Waals surface area contributed by atoms with Crippen LogP contribution in [0.25, 0.3) is 0 Å². The summed E-state index contributed by atoms with van der Waals surface area (Å²) in [6.45, 7) is 4.15. The summed E-state index contributed by atoms with van der Waals surface area (Å²) in [6, 6.07) is 0. The normalized spacial score (nSPS) is 33.6. The summed E-state index contributed by atoms with van der Waals surface area (Å²) in [5, 5.41) is 0. The highest BCUT2D eigenvalue weighted by Gasteiger charge is 2.14. The number of aliphatic imine (C=N–C) groups is 1. The molecule has 52 valence electrons. The van der Waals surface area contributed by atoms with E-state index in [4.69, 9.17) is 4.74 Å². The van der Waals surface area contributed by atoms with Crippen LogP contribution in [0.2, 0.25) is 0 Å². The second-order valence-corrected chi connectivity index (χ2v) is 2.38. The van der Waals surface area contributed by atoms with Crippen molar-refractivity contribution in [2.24, 2.45) is 4.99 Å². The van der Waals surface area contributed by atoms with Gasteiger partial charge in [-0.2, -0.15) is 0 Å². The van der Waals surface area contributed by atoms with Crippen molar-refractivity contribution in [1.82, 2.24) is 0 Å². The maximum absolute atomic E-state index is 5.38. The lowest BCUT2D eigenvalue weighted by molar-refractivity contribution is 0.0550. The van der Waals surface area contributed by atoms with Crippen molar-refractivity contribution in [3.8, 4) is 0 Å². The van der Waals surface area contributed by atoms with Crippen LogP contribution in [0.3, 0.4) is 0 Å². The van der Waals surface area contributed by atoms with Gasteiger partial charge in [0, 0.05) is 6.21 Å². The van der Waals surface area contributed by atoms with Gasteiger partial charge in [-0.1, -0.05) is 13.3 Å². The molecule has 0 amide bonds. The number of hydrogen-bond donors (Lipinski definition) is 0. The van der Waals surface area contributed by atoms with Gasteiger partial charge in [0.1, 0.15) is 6.23 Å². The molecule has 0 bridgehead atoms. The van der Waals surface area contributed by atoms with Gasteiger partial charge in [0.25, 0.3) is 0 Å². The summed E-state index contributed by atoms with van der Waals surface area (Å²) in [5.74, 6) is 0. The van der Waals surface area contributed by atoms with E-state index in [0.717, 1.165) is 12.8 Å². The van der Waals surface area contributed by atoms with Gasteiger partial charge in [-0.25, -0.2) is 0 Å². The molecule has 0 fully saturated rings. The molecule has 0 saturated carbocycles. The quantitative estimate of drug-likeness (QED) is 0.552. The lowest BCUT2D eigenvalue weighted by Crippen LogP contribution is -2.09. The highest BCUT2D eigenvalue weighted by molar-refractivity contribution is 5.64. The molecule has 9 heavy (non-hydrogen) atoms. The summed E-state index contributed by atoms with van der Waals surface area (Å²) >= 11 is 0. The highest BCUT2D eigenvalue weighted by atomic mass is 16.5. The Morgan fingerprint density at radius 3 is 2.89 bits per heavy atom. The van der Waals surface area contributed by atoms with Crippen molar-refractivity contribution in [1.29, 1.82) is 0 Å². The summed E-state index contributed by atoms with van der Waals surface area (Å²) in [4.78, 5) is 4.16. The fraction of sp³-hybridized carbons (Fsp3) is 0.857. The van der Waals surface area contributed by atoms with E-state index in [0.29, 0.717) is 0 Å². The summed E-state index contributed by atoms with van der Waals surface area (Å²) < 4.78 is 5.38. The van der Waals surface area contributed by atoms with Gasteiger partial charge in [-0.15, -0.1) is 0 Å². The molecule has 0 radical (unpaired) electrons. The van der Waals surface area contributed by atoms with Crippen molar-refractivity contribution >= 4 is 6.21 Å². The van der Waals surface area contributed by atoms with Crippen LogP contribution >= 0.6 is 0 Å². The molecule has 1 aliphatic rings. The third-order valence-electron chi connectivity index (χ3n) is 1.37. The summed E-state index contributed by atoms with van der Waals surface area (Å²) in [5.41, 5.74) is 0. The molecule has 1 heterocycles. The Hall–Kier alpha value is -0.370. The minimum atomic E-state index is 0.157. The van der Waals surface area contributed by atoms with Gasteiger partial charge >= 0.3 is 0 Å². The molecule has 0 aromatic heterocycles. The van der Waals surface area contributed by atoms with Crippen molar-refractivity contribution in [2.45, 2.75) is 39.0 Å². The van der Waals surface area contributed by atoms with Crippen LogP contribution < -0.4 is 0 Å². The molecule has 2 atom stereocenters. The van der Waals surface area contributed by atoms with Gasteiger partial charge < -0.3 is 4.74 Å². The number of ether oxygens (including phenoxy) is 1. The Morgan fingerprint density at radius 1 is 1.67 bits per heavy atom. The third-order valence-corrected chi connectivity index (χ3v) is 1.37. The van der Waals surface area contributed by atoms with Gasteiger partial charge in [-0.05, 0) is 13.3 Å². The number of nitrogens with zero attached hydrogens (tertiary/aromatic N) is 1. The first-order valence-electron chi connectivity index (χ1n) is 3.51. The Labute approximate surface area is 55.9 Å².